The first-order valence-corrected chi connectivity index (χ1v) is 14.7. The van der Waals surface area contributed by atoms with E-state index in [0.717, 1.165) is 16.2 Å². The molecule has 12 heteroatoms. The zero-order valence-electron chi connectivity index (χ0n) is 24.1. The Kier molecular flexibility index (Phi) is 8.64. The number of nitrogens with one attached hydrogen (secondary N) is 3. The molecule has 218 valence electrons. The number of aliphatic hydroxyl groups is 1. The van der Waals surface area contributed by atoms with Crippen LogP contribution in [0.1, 0.15) is 52.7 Å². The van der Waals surface area contributed by atoms with Gasteiger partial charge in [-0.1, -0.05) is 13.8 Å². The van der Waals surface area contributed by atoms with E-state index in [1.54, 1.807) is 0 Å². The van der Waals surface area contributed by atoms with Crippen LogP contribution in [0.4, 0.5) is 17.5 Å². The number of ether oxygens (including phenoxy) is 1. The van der Waals surface area contributed by atoms with Gasteiger partial charge >= 0.3 is 0 Å². The zero-order valence-corrected chi connectivity index (χ0v) is 24.9. The summed E-state index contributed by atoms with van der Waals surface area (Å²) < 4.78 is 7.96. The third-order valence-corrected chi connectivity index (χ3v) is 7.61. The number of H-pyrrole nitrogens is 1. The molecule has 0 unspecified atom stereocenters. The molecule has 2 atom stereocenters. The number of fused-ring (bicyclic) bond motifs is 1. The molecule has 3 aromatic heterocycles. The highest BCUT2D eigenvalue weighted by atomic mass is 32.2. The highest BCUT2D eigenvalue weighted by Crippen LogP contribution is 2.29. The Hall–Kier alpha value is -3.45. The Morgan fingerprint density at radius 2 is 2.00 bits per heavy atom. The predicted octanol–water partition coefficient (Wildman–Crippen LogP) is 4.66. The topological polar surface area (TPSA) is 133 Å². The van der Waals surface area contributed by atoms with Crippen molar-refractivity contribution in [1.29, 1.82) is 0 Å². The second-order valence-electron chi connectivity index (χ2n) is 11.6. The molecule has 0 radical (unpaired) electrons. The van der Waals surface area contributed by atoms with Crippen molar-refractivity contribution < 1.29 is 14.6 Å². The van der Waals surface area contributed by atoms with Gasteiger partial charge in [-0.2, -0.15) is 10.1 Å². The summed E-state index contributed by atoms with van der Waals surface area (Å²) in [5.41, 5.74) is 2.24. The summed E-state index contributed by atoms with van der Waals surface area (Å²) in [6.45, 7) is 11.1. The van der Waals surface area contributed by atoms with Crippen LogP contribution in [0.3, 0.4) is 0 Å². The van der Waals surface area contributed by atoms with Crippen LogP contribution in [0, 0.1) is 0 Å². The smallest absolute Gasteiger partial charge is 0.238 e. The Balaban J connectivity index is 1.21. The molecule has 41 heavy (non-hydrogen) atoms. The quantitative estimate of drug-likeness (QED) is 0.212. The number of anilines is 3. The number of aliphatic hydroxyl groups excluding tert-OH is 1. The molecule has 1 amide bonds. The molecule has 0 bridgehead atoms. The minimum absolute atomic E-state index is 0.00177. The van der Waals surface area contributed by atoms with Crippen LogP contribution in [0.15, 0.2) is 58.7 Å². The van der Waals surface area contributed by atoms with Gasteiger partial charge in [0.2, 0.25) is 11.9 Å². The van der Waals surface area contributed by atoms with Crippen molar-refractivity contribution in [1.82, 2.24) is 29.5 Å². The number of nitrogens with zero attached hydrogens (tertiary/aromatic N) is 5. The molecule has 1 aromatic carbocycles. The molecule has 0 saturated carbocycles. The fourth-order valence-electron chi connectivity index (χ4n) is 4.86. The standard InChI is InChI=1S/C29H38N8O3S/c1-18(2)23-14-24(35-34-23)31-27-33-28(32-25-7-6-12-37(25)27)41-22-10-8-19(9-11-22)30-26(39)16-36-15-21(13-20(36)17-38)40-29(3,4)5/h6-12,14,18,20-21,38H,13,15-17H2,1-5H3,(H,30,39)(H2,31,32,33,34,35)/t20-,21+/m0/s1. The zero-order chi connectivity index (χ0) is 29.1. The Morgan fingerprint density at radius 1 is 1.22 bits per heavy atom. The van der Waals surface area contributed by atoms with E-state index in [4.69, 9.17) is 9.72 Å². The molecule has 1 aliphatic heterocycles. The van der Waals surface area contributed by atoms with Crippen LogP contribution < -0.4 is 10.6 Å². The van der Waals surface area contributed by atoms with Crippen LogP contribution >= 0.6 is 11.8 Å². The number of aromatic nitrogens is 5. The molecule has 11 nitrogen and oxygen atoms in total. The van der Waals surface area contributed by atoms with Gasteiger partial charge < -0.3 is 20.5 Å². The van der Waals surface area contributed by atoms with Gasteiger partial charge in [0.15, 0.2) is 11.0 Å². The van der Waals surface area contributed by atoms with Crippen LogP contribution in [-0.4, -0.2) is 77.9 Å². The molecule has 4 N–H and O–H groups in total. The number of likely N-dealkylation sites (tertiary alicyclic amines) is 1. The minimum atomic E-state index is -0.267. The first-order valence-electron chi connectivity index (χ1n) is 13.8. The van der Waals surface area contributed by atoms with E-state index >= 15 is 0 Å². The Labute approximate surface area is 244 Å². The van der Waals surface area contributed by atoms with Crippen LogP contribution in [0.2, 0.25) is 0 Å². The average molecular weight is 579 g/mol. The monoisotopic (exact) mass is 578 g/mol. The van der Waals surface area contributed by atoms with Crippen molar-refractivity contribution in [3.8, 4) is 0 Å². The van der Waals surface area contributed by atoms with Crippen LogP contribution in [0.5, 0.6) is 0 Å². The number of amides is 1. The fraction of sp³-hybridized carbons (Fsp3) is 0.448. The van der Waals surface area contributed by atoms with Crippen molar-refractivity contribution in [2.24, 2.45) is 0 Å². The molecule has 0 spiro atoms. The lowest BCUT2D eigenvalue weighted by atomic mass is 10.1. The molecule has 5 rings (SSSR count). The van der Waals surface area contributed by atoms with Gasteiger partial charge in [-0.25, -0.2) is 4.98 Å². The average Bonchev–Trinajstić information content (AvgIpc) is 3.64. The van der Waals surface area contributed by atoms with E-state index in [2.05, 4.69) is 39.7 Å². The first kappa shape index (κ1) is 29.1. The maximum atomic E-state index is 12.8. The van der Waals surface area contributed by atoms with Crippen LogP contribution in [0.25, 0.3) is 5.65 Å². The van der Waals surface area contributed by atoms with Gasteiger partial charge in [0, 0.05) is 41.1 Å². The van der Waals surface area contributed by atoms with E-state index in [0.29, 0.717) is 41.5 Å². The van der Waals surface area contributed by atoms with E-state index in [9.17, 15) is 9.90 Å². The molecule has 1 saturated heterocycles. The second-order valence-corrected chi connectivity index (χ2v) is 12.6. The number of carbonyl (C=O) groups is 1. The van der Waals surface area contributed by atoms with E-state index in [-0.39, 0.29) is 36.8 Å². The summed E-state index contributed by atoms with van der Waals surface area (Å²) in [6.07, 6.45) is 2.61. The van der Waals surface area contributed by atoms with Gasteiger partial charge in [-0.3, -0.25) is 19.2 Å². The van der Waals surface area contributed by atoms with E-state index in [1.807, 2.05) is 78.7 Å². The maximum Gasteiger partial charge on any atom is 0.238 e. The van der Waals surface area contributed by atoms with Crippen molar-refractivity contribution in [3.05, 3.63) is 54.4 Å². The number of hydrogen-bond acceptors (Lipinski definition) is 9. The Bertz CT molecular complexity index is 1480. The largest absolute Gasteiger partial charge is 0.395 e. The molecule has 4 heterocycles. The van der Waals surface area contributed by atoms with Crippen molar-refractivity contribution in [3.63, 3.8) is 0 Å². The van der Waals surface area contributed by atoms with Crippen molar-refractivity contribution in [2.45, 2.75) is 74.8 Å². The summed E-state index contributed by atoms with van der Waals surface area (Å²) >= 11 is 1.44. The molecule has 0 aliphatic carbocycles. The molecule has 1 aliphatic rings. The Morgan fingerprint density at radius 3 is 2.68 bits per heavy atom. The van der Waals surface area contributed by atoms with Gasteiger partial charge in [0.1, 0.15) is 5.65 Å². The second kappa shape index (κ2) is 12.2. The lowest BCUT2D eigenvalue weighted by molar-refractivity contribution is -0.117. The fourth-order valence-corrected chi connectivity index (χ4v) is 5.61. The number of hydrogen-bond donors (Lipinski definition) is 4. The number of benzene rings is 1. The van der Waals surface area contributed by atoms with Gasteiger partial charge in [-0.15, -0.1) is 0 Å². The summed E-state index contributed by atoms with van der Waals surface area (Å²) in [4.78, 5) is 25.1. The van der Waals surface area contributed by atoms with E-state index in [1.165, 1.54) is 11.8 Å². The predicted molar refractivity (Wildman–Crippen MR) is 160 cm³/mol. The van der Waals surface area contributed by atoms with Gasteiger partial charge in [0.05, 0.1) is 24.9 Å². The molecule has 1 fully saturated rings. The van der Waals surface area contributed by atoms with Gasteiger partial charge in [-0.05, 0) is 81.3 Å². The first-order chi connectivity index (χ1) is 19.6. The SMILES string of the molecule is CC(C)c1cc(Nc2nc(Sc3ccc(NC(=O)CN4C[C@H](OC(C)(C)C)C[C@H]4CO)cc3)nc3cccn23)n[nH]1. The lowest BCUT2D eigenvalue weighted by Crippen LogP contribution is -2.39. The lowest BCUT2D eigenvalue weighted by Gasteiger charge is -2.25. The summed E-state index contributed by atoms with van der Waals surface area (Å²) in [7, 11) is 0. The van der Waals surface area contributed by atoms with Gasteiger partial charge in [0.25, 0.3) is 0 Å². The number of aromatic amines is 1. The maximum absolute atomic E-state index is 12.8. The highest BCUT2D eigenvalue weighted by Gasteiger charge is 2.35. The molecular weight excluding hydrogens is 540 g/mol. The highest BCUT2D eigenvalue weighted by molar-refractivity contribution is 7.99. The number of carbonyl (C=O) groups excluding carboxylic acids is 1. The van der Waals surface area contributed by atoms with Crippen LogP contribution in [-0.2, 0) is 9.53 Å². The summed E-state index contributed by atoms with van der Waals surface area (Å²) in [5.74, 6) is 1.52. The molecular formula is C29H38N8O3S. The number of rotatable bonds is 10. The minimum Gasteiger partial charge on any atom is -0.395 e. The van der Waals surface area contributed by atoms with E-state index < -0.39 is 0 Å². The summed E-state index contributed by atoms with van der Waals surface area (Å²) in [5, 5.41) is 24.1. The summed E-state index contributed by atoms with van der Waals surface area (Å²) in [6, 6.07) is 13.3. The third-order valence-electron chi connectivity index (χ3n) is 6.74. The van der Waals surface area contributed by atoms with Crippen molar-refractivity contribution >= 4 is 40.8 Å². The molecule has 4 aromatic rings. The normalized spacial score (nSPS) is 17.9. The third kappa shape index (κ3) is 7.45. The van der Waals surface area contributed by atoms with Crippen molar-refractivity contribution in [2.75, 3.05) is 30.3 Å².